The van der Waals surface area contributed by atoms with Gasteiger partial charge in [-0.1, -0.05) is 12.1 Å². The monoisotopic (exact) mass is 317 g/mol. The van der Waals surface area contributed by atoms with Crippen molar-refractivity contribution in [3.63, 3.8) is 0 Å². The quantitative estimate of drug-likeness (QED) is 0.730. The topological polar surface area (TPSA) is 107 Å². The van der Waals surface area contributed by atoms with Gasteiger partial charge >= 0.3 is 6.03 Å². The molecule has 0 unspecified atom stereocenters. The van der Waals surface area contributed by atoms with Crippen LogP contribution >= 0.6 is 0 Å². The number of carbonyl (C=O) groups excluding carboxylic acids is 2. The van der Waals surface area contributed by atoms with Crippen LogP contribution in [0.1, 0.15) is 12.2 Å². The van der Waals surface area contributed by atoms with Crippen molar-refractivity contribution in [1.29, 1.82) is 0 Å². The van der Waals surface area contributed by atoms with Crippen LogP contribution in [0.2, 0.25) is 0 Å². The van der Waals surface area contributed by atoms with Crippen LogP contribution < -0.4 is 16.2 Å². The minimum Gasteiger partial charge on any atom is -0.341 e. The van der Waals surface area contributed by atoms with Crippen LogP contribution in [-0.4, -0.2) is 47.4 Å². The first-order chi connectivity index (χ1) is 11.0. The van der Waals surface area contributed by atoms with E-state index in [1.165, 1.54) is 7.05 Å². The van der Waals surface area contributed by atoms with Crippen LogP contribution in [0.15, 0.2) is 29.1 Å². The maximum absolute atomic E-state index is 12.0. The summed E-state index contributed by atoms with van der Waals surface area (Å²) in [6.45, 7) is 0.826. The predicted molar refractivity (Wildman–Crippen MR) is 85.9 cm³/mol. The van der Waals surface area contributed by atoms with E-state index < -0.39 is 6.03 Å². The van der Waals surface area contributed by atoms with Crippen molar-refractivity contribution < 1.29 is 9.59 Å². The molecule has 0 saturated heterocycles. The number of benzene rings is 1. The molecule has 2 rings (SSSR count). The Morgan fingerprint density at radius 1 is 1.30 bits per heavy atom. The van der Waals surface area contributed by atoms with Crippen molar-refractivity contribution in [2.24, 2.45) is 0 Å². The zero-order chi connectivity index (χ0) is 16.8. The van der Waals surface area contributed by atoms with Gasteiger partial charge in [0.1, 0.15) is 5.82 Å². The molecule has 0 bridgehead atoms. The van der Waals surface area contributed by atoms with E-state index in [4.69, 9.17) is 0 Å². The summed E-state index contributed by atoms with van der Waals surface area (Å²) in [5.74, 6) is 0.166. The maximum Gasteiger partial charge on any atom is 0.321 e. The molecule has 0 atom stereocenters. The van der Waals surface area contributed by atoms with Gasteiger partial charge < -0.3 is 10.3 Å². The molecule has 0 aliphatic carbocycles. The van der Waals surface area contributed by atoms with Crippen LogP contribution in [0.4, 0.5) is 4.79 Å². The average Bonchev–Trinajstić information content (AvgIpc) is 2.53. The summed E-state index contributed by atoms with van der Waals surface area (Å²) in [4.78, 5) is 43.5. The van der Waals surface area contributed by atoms with Crippen LogP contribution in [0.25, 0.3) is 10.9 Å². The fourth-order valence-corrected chi connectivity index (χ4v) is 2.09. The van der Waals surface area contributed by atoms with Gasteiger partial charge in [-0.2, -0.15) is 0 Å². The molecule has 23 heavy (non-hydrogen) atoms. The summed E-state index contributed by atoms with van der Waals surface area (Å²) in [6, 6.07) is 6.59. The molecule has 0 saturated carbocycles. The Labute approximate surface area is 132 Å². The lowest BCUT2D eigenvalue weighted by Gasteiger charge is -2.15. The number of nitrogens with one attached hydrogen (secondary N) is 3. The number of hydrogen-bond acceptors (Lipinski definition) is 5. The van der Waals surface area contributed by atoms with Gasteiger partial charge in [0.2, 0.25) is 5.91 Å². The Kier molecular flexibility index (Phi) is 5.42. The molecular formula is C15H19N5O3. The molecule has 122 valence electrons. The Balaban J connectivity index is 1.95. The Hall–Kier alpha value is -2.74. The van der Waals surface area contributed by atoms with Crippen molar-refractivity contribution in [3.05, 3.63) is 40.4 Å². The normalized spacial score (nSPS) is 10.7. The highest BCUT2D eigenvalue weighted by molar-refractivity contribution is 5.94. The second-order valence-corrected chi connectivity index (χ2v) is 5.14. The SMILES string of the molecule is CNC(=O)NC(=O)CCN(C)Cc1nc2ccccc2c(=O)[nH]1. The molecule has 1 aromatic carbocycles. The molecule has 3 amide bonds. The number of H-pyrrole nitrogens is 1. The minimum atomic E-state index is -0.529. The number of urea groups is 1. The van der Waals surface area contributed by atoms with Gasteiger partial charge in [-0.05, 0) is 19.2 Å². The molecule has 0 aliphatic heterocycles. The second-order valence-electron chi connectivity index (χ2n) is 5.14. The number of aromatic amines is 1. The number of fused-ring (bicyclic) bond motifs is 1. The summed E-state index contributed by atoms with van der Waals surface area (Å²) < 4.78 is 0. The molecule has 0 spiro atoms. The molecule has 8 nitrogen and oxygen atoms in total. The van der Waals surface area contributed by atoms with E-state index in [0.29, 0.717) is 29.8 Å². The molecule has 1 heterocycles. The van der Waals surface area contributed by atoms with Gasteiger partial charge in [0.15, 0.2) is 0 Å². The lowest BCUT2D eigenvalue weighted by molar-refractivity contribution is -0.120. The third-order valence-electron chi connectivity index (χ3n) is 3.28. The van der Waals surface area contributed by atoms with Crippen molar-refractivity contribution >= 4 is 22.8 Å². The summed E-state index contributed by atoms with van der Waals surface area (Å²) in [5.41, 5.74) is 0.452. The summed E-state index contributed by atoms with van der Waals surface area (Å²) in [6.07, 6.45) is 0.168. The zero-order valence-electron chi connectivity index (χ0n) is 13.0. The summed E-state index contributed by atoms with van der Waals surface area (Å²) in [7, 11) is 3.25. The van der Waals surface area contributed by atoms with Crippen LogP contribution in [-0.2, 0) is 11.3 Å². The zero-order valence-corrected chi connectivity index (χ0v) is 13.0. The Morgan fingerprint density at radius 3 is 2.78 bits per heavy atom. The van der Waals surface area contributed by atoms with Gasteiger partial charge in [0, 0.05) is 20.0 Å². The van der Waals surface area contributed by atoms with E-state index in [-0.39, 0.29) is 17.9 Å². The standard InChI is InChI=1S/C15H19N5O3/c1-16-15(23)19-13(21)7-8-20(2)9-12-17-11-6-4-3-5-10(11)14(22)18-12/h3-6H,7-9H2,1-2H3,(H,17,18,22)(H2,16,19,21,23). The molecular weight excluding hydrogens is 298 g/mol. The Bertz CT molecular complexity index is 771. The van der Waals surface area contributed by atoms with E-state index in [1.807, 2.05) is 18.0 Å². The fourth-order valence-electron chi connectivity index (χ4n) is 2.09. The largest absolute Gasteiger partial charge is 0.341 e. The smallest absolute Gasteiger partial charge is 0.321 e. The number of rotatable bonds is 5. The summed E-state index contributed by atoms with van der Waals surface area (Å²) in [5, 5.41) is 5.05. The van der Waals surface area contributed by atoms with E-state index in [1.54, 1.807) is 18.2 Å². The average molecular weight is 317 g/mol. The minimum absolute atomic E-state index is 0.168. The Morgan fingerprint density at radius 2 is 2.04 bits per heavy atom. The van der Waals surface area contributed by atoms with E-state index in [9.17, 15) is 14.4 Å². The predicted octanol–water partition coefficient (Wildman–Crippen LogP) is 0.201. The molecule has 1 aromatic heterocycles. The van der Waals surface area contributed by atoms with E-state index in [2.05, 4.69) is 20.6 Å². The number of para-hydroxylation sites is 1. The van der Waals surface area contributed by atoms with Gasteiger partial charge in [-0.15, -0.1) is 0 Å². The van der Waals surface area contributed by atoms with E-state index >= 15 is 0 Å². The highest BCUT2D eigenvalue weighted by atomic mass is 16.2. The first kappa shape index (κ1) is 16.6. The number of amides is 3. The third kappa shape index (κ3) is 4.62. The number of hydrogen-bond donors (Lipinski definition) is 3. The lowest BCUT2D eigenvalue weighted by Crippen LogP contribution is -2.38. The fraction of sp³-hybridized carbons (Fsp3) is 0.333. The van der Waals surface area contributed by atoms with Crippen LogP contribution in [0.3, 0.4) is 0 Å². The second kappa shape index (κ2) is 7.50. The van der Waals surface area contributed by atoms with Crippen LogP contribution in [0, 0.1) is 0 Å². The van der Waals surface area contributed by atoms with Crippen molar-refractivity contribution in [3.8, 4) is 0 Å². The van der Waals surface area contributed by atoms with Crippen molar-refractivity contribution in [1.82, 2.24) is 25.5 Å². The molecule has 0 radical (unpaired) electrons. The molecule has 0 fully saturated rings. The number of nitrogens with zero attached hydrogens (tertiary/aromatic N) is 2. The first-order valence-electron chi connectivity index (χ1n) is 7.17. The van der Waals surface area contributed by atoms with Gasteiger partial charge in [0.25, 0.3) is 5.56 Å². The van der Waals surface area contributed by atoms with Crippen LogP contribution in [0.5, 0.6) is 0 Å². The molecule has 2 aromatic rings. The number of aromatic nitrogens is 2. The highest BCUT2D eigenvalue weighted by Crippen LogP contribution is 2.06. The first-order valence-corrected chi connectivity index (χ1v) is 7.17. The third-order valence-corrected chi connectivity index (χ3v) is 3.28. The van der Waals surface area contributed by atoms with Crippen molar-refractivity contribution in [2.75, 3.05) is 20.6 Å². The lowest BCUT2D eigenvalue weighted by atomic mass is 10.2. The molecule has 8 heteroatoms. The van der Waals surface area contributed by atoms with Gasteiger partial charge in [0.05, 0.1) is 17.4 Å². The van der Waals surface area contributed by atoms with Crippen molar-refractivity contribution in [2.45, 2.75) is 13.0 Å². The number of carbonyl (C=O) groups is 2. The number of imide groups is 1. The maximum atomic E-state index is 12.0. The van der Waals surface area contributed by atoms with E-state index in [0.717, 1.165) is 0 Å². The van der Waals surface area contributed by atoms with Gasteiger partial charge in [-0.25, -0.2) is 9.78 Å². The van der Waals surface area contributed by atoms with Gasteiger partial charge in [-0.3, -0.25) is 19.8 Å². The highest BCUT2D eigenvalue weighted by Gasteiger charge is 2.10. The molecule has 3 N–H and O–H groups in total. The molecule has 0 aliphatic rings. The summed E-state index contributed by atoms with van der Waals surface area (Å²) >= 11 is 0.